The van der Waals surface area contributed by atoms with Gasteiger partial charge in [-0.05, 0) is 29.8 Å². The summed E-state index contributed by atoms with van der Waals surface area (Å²) >= 11 is 11.6. The van der Waals surface area contributed by atoms with Crippen molar-refractivity contribution in [2.24, 2.45) is 0 Å². The van der Waals surface area contributed by atoms with Crippen molar-refractivity contribution >= 4 is 23.2 Å². The maximum absolute atomic E-state index is 13.9. The molecule has 0 unspecified atom stereocenters. The minimum absolute atomic E-state index is 0.00965. The number of terminal acetylenes is 1. The third-order valence-electron chi connectivity index (χ3n) is 2.33. The Kier molecular flexibility index (Phi) is 3.38. The van der Waals surface area contributed by atoms with Crippen LogP contribution in [0.15, 0.2) is 36.4 Å². The molecule has 2 rings (SSSR count). The first-order chi connectivity index (χ1) is 8.11. The van der Waals surface area contributed by atoms with Crippen LogP contribution in [0.25, 0.3) is 11.1 Å². The molecule has 0 heterocycles. The van der Waals surface area contributed by atoms with Crippen LogP contribution in [0, 0.1) is 18.2 Å². The van der Waals surface area contributed by atoms with Crippen LogP contribution in [0.4, 0.5) is 4.39 Å². The Balaban J connectivity index is 2.67. The van der Waals surface area contributed by atoms with Crippen LogP contribution in [0.5, 0.6) is 0 Å². The summed E-state index contributed by atoms with van der Waals surface area (Å²) in [6.07, 6.45) is 5.29. The molecule has 0 radical (unpaired) electrons. The highest BCUT2D eigenvalue weighted by Gasteiger charge is 2.10. The fourth-order valence-corrected chi connectivity index (χ4v) is 1.95. The standard InChI is InChI=1S/C14H7Cl2F/c1-2-9-6-12(14(17)13(16)7-9)10-4-3-5-11(15)8-10/h1,3-8H. The summed E-state index contributed by atoms with van der Waals surface area (Å²) in [6.45, 7) is 0. The van der Waals surface area contributed by atoms with Crippen molar-refractivity contribution in [3.8, 4) is 23.5 Å². The minimum atomic E-state index is -0.493. The van der Waals surface area contributed by atoms with Gasteiger partial charge in [-0.15, -0.1) is 6.42 Å². The van der Waals surface area contributed by atoms with Crippen LogP contribution in [-0.4, -0.2) is 0 Å². The van der Waals surface area contributed by atoms with E-state index in [-0.39, 0.29) is 5.02 Å². The van der Waals surface area contributed by atoms with Gasteiger partial charge in [0.2, 0.25) is 0 Å². The summed E-state index contributed by atoms with van der Waals surface area (Å²) in [7, 11) is 0. The first kappa shape index (κ1) is 12.0. The van der Waals surface area contributed by atoms with Gasteiger partial charge in [0.1, 0.15) is 5.82 Å². The molecule has 0 N–H and O–H groups in total. The predicted molar refractivity (Wildman–Crippen MR) is 69.8 cm³/mol. The molecule has 0 fully saturated rings. The van der Waals surface area contributed by atoms with Crippen molar-refractivity contribution in [1.29, 1.82) is 0 Å². The molecule has 84 valence electrons. The number of hydrogen-bond acceptors (Lipinski definition) is 0. The van der Waals surface area contributed by atoms with E-state index in [2.05, 4.69) is 5.92 Å². The summed E-state index contributed by atoms with van der Waals surface area (Å²) in [5, 5.41) is 0.541. The molecule has 0 spiro atoms. The van der Waals surface area contributed by atoms with Gasteiger partial charge in [0.15, 0.2) is 0 Å². The van der Waals surface area contributed by atoms with Crippen LogP contribution in [0.3, 0.4) is 0 Å². The van der Waals surface area contributed by atoms with Gasteiger partial charge in [-0.2, -0.15) is 0 Å². The largest absolute Gasteiger partial charge is 0.205 e. The monoisotopic (exact) mass is 264 g/mol. The summed E-state index contributed by atoms with van der Waals surface area (Å²) in [4.78, 5) is 0. The van der Waals surface area contributed by atoms with Crippen molar-refractivity contribution in [1.82, 2.24) is 0 Å². The lowest BCUT2D eigenvalue weighted by molar-refractivity contribution is 0.631. The molecular formula is C14H7Cl2F. The van der Waals surface area contributed by atoms with E-state index in [1.165, 1.54) is 6.07 Å². The Labute approximate surface area is 109 Å². The molecule has 0 saturated heterocycles. The first-order valence-electron chi connectivity index (χ1n) is 4.83. The van der Waals surface area contributed by atoms with Gasteiger partial charge >= 0.3 is 0 Å². The topological polar surface area (TPSA) is 0 Å². The van der Waals surface area contributed by atoms with Crippen molar-refractivity contribution in [3.63, 3.8) is 0 Å². The molecule has 0 aliphatic rings. The van der Waals surface area contributed by atoms with E-state index in [4.69, 9.17) is 29.6 Å². The quantitative estimate of drug-likeness (QED) is 0.651. The molecule has 17 heavy (non-hydrogen) atoms. The van der Waals surface area contributed by atoms with Gasteiger partial charge < -0.3 is 0 Å². The molecule has 0 aromatic heterocycles. The lowest BCUT2D eigenvalue weighted by Gasteiger charge is -2.06. The summed E-state index contributed by atoms with van der Waals surface area (Å²) in [5.41, 5.74) is 1.54. The van der Waals surface area contributed by atoms with E-state index in [0.717, 1.165) is 0 Å². The van der Waals surface area contributed by atoms with Gasteiger partial charge in [-0.1, -0.05) is 41.3 Å². The Bertz CT molecular complexity index is 612. The van der Waals surface area contributed by atoms with Crippen LogP contribution in [0.2, 0.25) is 10.0 Å². The SMILES string of the molecule is C#Cc1cc(Cl)c(F)c(-c2cccc(Cl)c2)c1. The van der Waals surface area contributed by atoms with E-state index in [1.54, 1.807) is 30.3 Å². The average Bonchev–Trinajstić information content (AvgIpc) is 2.32. The van der Waals surface area contributed by atoms with Crippen LogP contribution < -0.4 is 0 Å². The Morgan fingerprint density at radius 2 is 1.88 bits per heavy atom. The fraction of sp³-hybridized carbons (Fsp3) is 0. The highest BCUT2D eigenvalue weighted by molar-refractivity contribution is 6.31. The average molecular weight is 265 g/mol. The Morgan fingerprint density at radius 1 is 1.12 bits per heavy atom. The fourth-order valence-electron chi connectivity index (χ4n) is 1.54. The van der Waals surface area contributed by atoms with Crippen LogP contribution >= 0.6 is 23.2 Å². The van der Waals surface area contributed by atoms with Gasteiger partial charge in [-0.3, -0.25) is 0 Å². The van der Waals surface area contributed by atoms with Crippen molar-refractivity contribution < 1.29 is 4.39 Å². The summed E-state index contributed by atoms with van der Waals surface area (Å²) in [6, 6.07) is 9.87. The molecule has 0 amide bonds. The van der Waals surface area contributed by atoms with Gasteiger partial charge in [0, 0.05) is 16.1 Å². The molecule has 0 aliphatic heterocycles. The smallest absolute Gasteiger partial charge is 0.149 e. The molecule has 0 saturated carbocycles. The third kappa shape index (κ3) is 2.44. The normalized spacial score (nSPS) is 10.0. The van der Waals surface area contributed by atoms with E-state index in [1.807, 2.05) is 0 Å². The maximum atomic E-state index is 13.9. The van der Waals surface area contributed by atoms with Crippen LogP contribution in [0.1, 0.15) is 5.56 Å². The number of halogens is 3. The first-order valence-corrected chi connectivity index (χ1v) is 5.59. The second-order valence-corrected chi connectivity index (χ2v) is 4.32. The zero-order valence-electron chi connectivity index (χ0n) is 8.68. The molecular weight excluding hydrogens is 258 g/mol. The molecule has 2 aromatic rings. The second kappa shape index (κ2) is 4.79. The van der Waals surface area contributed by atoms with Crippen molar-refractivity contribution in [2.75, 3.05) is 0 Å². The van der Waals surface area contributed by atoms with Crippen molar-refractivity contribution in [2.45, 2.75) is 0 Å². The maximum Gasteiger partial charge on any atom is 0.149 e. The molecule has 3 heteroatoms. The van der Waals surface area contributed by atoms with E-state index in [9.17, 15) is 4.39 Å². The number of hydrogen-bond donors (Lipinski definition) is 0. The van der Waals surface area contributed by atoms with E-state index < -0.39 is 5.82 Å². The highest BCUT2D eigenvalue weighted by atomic mass is 35.5. The zero-order chi connectivity index (χ0) is 12.4. The Morgan fingerprint density at radius 3 is 2.53 bits per heavy atom. The molecule has 2 aromatic carbocycles. The van der Waals surface area contributed by atoms with Crippen molar-refractivity contribution in [3.05, 3.63) is 57.8 Å². The van der Waals surface area contributed by atoms with E-state index in [0.29, 0.717) is 21.7 Å². The Hall–Kier alpha value is -1.49. The van der Waals surface area contributed by atoms with Gasteiger partial charge in [0.05, 0.1) is 5.02 Å². The molecule has 0 atom stereocenters. The molecule has 0 nitrogen and oxygen atoms in total. The highest BCUT2D eigenvalue weighted by Crippen LogP contribution is 2.30. The molecule has 0 aliphatic carbocycles. The second-order valence-electron chi connectivity index (χ2n) is 3.47. The third-order valence-corrected chi connectivity index (χ3v) is 2.84. The number of rotatable bonds is 1. The lowest BCUT2D eigenvalue weighted by atomic mass is 10.0. The predicted octanol–water partition coefficient (Wildman–Crippen LogP) is 4.78. The number of benzene rings is 2. The lowest BCUT2D eigenvalue weighted by Crippen LogP contribution is -1.88. The minimum Gasteiger partial charge on any atom is -0.205 e. The van der Waals surface area contributed by atoms with Gasteiger partial charge in [-0.25, -0.2) is 4.39 Å². The van der Waals surface area contributed by atoms with Crippen LogP contribution in [-0.2, 0) is 0 Å². The van der Waals surface area contributed by atoms with Gasteiger partial charge in [0.25, 0.3) is 0 Å². The molecule has 0 bridgehead atoms. The zero-order valence-corrected chi connectivity index (χ0v) is 10.2. The summed E-state index contributed by atoms with van der Waals surface area (Å²) < 4.78 is 13.9. The summed E-state index contributed by atoms with van der Waals surface area (Å²) in [5.74, 6) is 1.94. The van der Waals surface area contributed by atoms with E-state index >= 15 is 0 Å².